The third kappa shape index (κ3) is 5.96. The molecule has 2 aromatic carbocycles. The van der Waals surface area contributed by atoms with Crippen molar-refractivity contribution in [3.05, 3.63) is 76.0 Å². The normalized spacial score (nSPS) is 15.1. The van der Waals surface area contributed by atoms with E-state index in [-0.39, 0.29) is 29.5 Å². The molecule has 7 heteroatoms. The number of carbonyl (C=O) groups excluding carboxylic acids is 2. The number of halogens is 1. The SMILES string of the molecule is CCc1ccc(CNC(=O)C(C)C2CCN(C(=O)c3sc(-c4ccc(F)cc4)nc3C)CC2)cc1. The first-order valence-corrected chi connectivity index (χ1v) is 13.1. The highest BCUT2D eigenvalue weighted by molar-refractivity contribution is 7.17. The van der Waals surface area contributed by atoms with Gasteiger partial charge in [-0.25, -0.2) is 9.37 Å². The molecule has 1 unspecified atom stereocenters. The van der Waals surface area contributed by atoms with Crippen LogP contribution < -0.4 is 5.32 Å². The minimum Gasteiger partial charge on any atom is -0.352 e. The summed E-state index contributed by atoms with van der Waals surface area (Å²) in [5.41, 5.74) is 3.89. The zero-order chi connectivity index (χ0) is 24.9. The van der Waals surface area contributed by atoms with Gasteiger partial charge in [0.05, 0.1) is 5.69 Å². The quantitative estimate of drug-likeness (QED) is 0.464. The third-order valence-corrected chi connectivity index (χ3v) is 8.12. The highest BCUT2D eigenvalue weighted by Crippen LogP contribution is 2.31. The molecule has 0 bridgehead atoms. The van der Waals surface area contributed by atoms with Gasteiger partial charge in [0.15, 0.2) is 0 Å². The molecule has 2 amide bonds. The molecule has 1 fully saturated rings. The Morgan fingerprint density at radius 2 is 1.71 bits per heavy atom. The molecular weight excluding hydrogens is 461 g/mol. The highest BCUT2D eigenvalue weighted by Gasteiger charge is 2.31. The first kappa shape index (κ1) is 25.0. The predicted molar refractivity (Wildman–Crippen MR) is 138 cm³/mol. The van der Waals surface area contributed by atoms with Crippen LogP contribution >= 0.6 is 11.3 Å². The van der Waals surface area contributed by atoms with Gasteiger partial charge in [0.1, 0.15) is 15.7 Å². The van der Waals surface area contributed by atoms with E-state index in [1.165, 1.54) is 29.0 Å². The zero-order valence-corrected chi connectivity index (χ0v) is 21.3. The second kappa shape index (κ2) is 11.1. The van der Waals surface area contributed by atoms with Crippen LogP contribution in [0.2, 0.25) is 0 Å². The van der Waals surface area contributed by atoms with Crippen LogP contribution in [0.25, 0.3) is 10.6 Å². The first-order valence-electron chi connectivity index (χ1n) is 12.2. The van der Waals surface area contributed by atoms with E-state index >= 15 is 0 Å². The lowest BCUT2D eigenvalue weighted by molar-refractivity contribution is -0.126. The molecule has 0 radical (unpaired) electrons. The molecule has 1 aliphatic rings. The Morgan fingerprint density at radius 3 is 2.34 bits per heavy atom. The lowest BCUT2D eigenvalue weighted by atomic mass is 9.84. The fourth-order valence-corrected chi connectivity index (χ4v) is 5.55. The number of amides is 2. The Labute approximate surface area is 210 Å². The third-order valence-electron chi connectivity index (χ3n) is 6.93. The number of hydrogen-bond acceptors (Lipinski definition) is 4. The summed E-state index contributed by atoms with van der Waals surface area (Å²) >= 11 is 1.35. The topological polar surface area (TPSA) is 62.3 Å². The van der Waals surface area contributed by atoms with E-state index in [9.17, 15) is 14.0 Å². The molecule has 5 nitrogen and oxygen atoms in total. The number of aromatic nitrogens is 1. The smallest absolute Gasteiger partial charge is 0.265 e. The lowest BCUT2D eigenvalue weighted by Gasteiger charge is -2.34. The number of piperidine rings is 1. The van der Waals surface area contributed by atoms with Crippen molar-refractivity contribution in [2.45, 2.75) is 46.6 Å². The van der Waals surface area contributed by atoms with Crippen LogP contribution in [-0.4, -0.2) is 34.8 Å². The largest absolute Gasteiger partial charge is 0.352 e. The van der Waals surface area contributed by atoms with E-state index in [4.69, 9.17) is 0 Å². The van der Waals surface area contributed by atoms with Gasteiger partial charge in [-0.1, -0.05) is 38.1 Å². The van der Waals surface area contributed by atoms with Crippen molar-refractivity contribution >= 4 is 23.2 Å². The number of thiazole rings is 1. The monoisotopic (exact) mass is 493 g/mol. The second-order valence-electron chi connectivity index (χ2n) is 9.25. The number of nitrogens with zero attached hydrogens (tertiary/aromatic N) is 2. The molecule has 4 rings (SSSR count). The number of aryl methyl sites for hydroxylation is 2. The van der Waals surface area contributed by atoms with Gasteiger partial charge in [-0.15, -0.1) is 11.3 Å². The summed E-state index contributed by atoms with van der Waals surface area (Å²) in [7, 11) is 0. The van der Waals surface area contributed by atoms with Crippen molar-refractivity contribution in [3.63, 3.8) is 0 Å². The van der Waals surface area contributed by atoms with E-state index < -0.39 is 0 Å². The summed E-state index contributed by atoms with van der Waals surface area (Å²) in [5.74, 6) is -0.0954. The molecule has 35 heavy (non-hydrogen) atoms. The van der Waals surface area contributed by atoms with Gasteiger partial charge in [-0.2, -0.15) is 0 Å². The van der Waals surface area contributed by atoms with Crippen LogP contribution in [0.5, 0.6) is 0 Å². The van der Waals surface area contributed by atoms with Gasteiger partial charge >= 0.3 is 0 Å². The Balaban J connectivity index is 1.30. The van der Waals surface area contributed by atoms with Gasteiger partial charge < -0.3 is 10.2 Å². The van der Waals surface area contributed by atoms with Gasteiger partial charge in [0.2, 0.25) is 5.91 Å². The maximum atomic E-state index is 13.2. The zero-order valence-electron chi connectivity index (χ0n) is 20.5. The molecular formula is C28H32FN3O2S. The number of benzene rings is 2. The Bertz CT molecular complexity index is 1170. The minimum atomic E-state index is -0.297. The summed E-state index contributed by atoms with van der Waals surface area (Å²) in [4.78, 5) is 33.0. The highest BCUT2D eigenvalue weighted by atomic mass is 32.1. The van der Waals surface area contributed by atoms with Crippen molar-refractivity contribution in [2.24, 2.45) is 11.8 Å². The maximum Gasteiger partial charge on any atom is 0.265 e. The summed E-state index contributed by atoms with van der Waals surface area (Å²) in [6, 6.07) is 14.5. The molecule has 1 aliphatic heterocycles. The average Bonchev–Trinajstić information content (AvgIpc) is 3.28. The summed E-state index contributed by atoms with van der Waals surface area (Å²) in [5, 5.41) is 3.79. The van der Waals surface area contributed by atoms with Crippen molar-refractivity contribution < 1.29 is 14.0 Å². The summed E-state index contributed by atoms with van der Waals surface area (Å²) in [6.45, 7) is 7.74. The molecule has 1 N–H and O–H groups in total. The van der Waals surface area contributed by atoms with Crippen molar-refractivity contribution in [1.29, 1.82) is 0 Å². The molecule has 0 spiro atoms. The van der Waals surface area contributed by atoms with Crippen molar-refractivity contribution in [2.75, 3.05) is 13.1 Å². The lowest BCUT2D eigenvalue weighted by Crippen LogP contribution is -2.42. The first-order chi connectivity index (χ1) is 16.9. The van der Waals surface area contributed by atoms with Gasteiger partial charge in [0.25, 0.3) is 5.91 Å². The fraction of sp³-hybridized carbons (Fsp3) is 0.393. The van der Waals surface area contributed by atoms with E-state index in [0.29, 0.717) is 30.2 Å². The van der Waals surface area contributed by atoms with Crippen LogP contribution in [0.4, 0.5) is 4.39 Å². The average molecular weight is 494 g/mol. The Hall–Kier alpha value is -3.06. The Morgan fingerprint density at radius 1 is 1.09 bits per heavy atom. The van der Waals surface area contributed by atoms with Gasteiger partial charge in [-0.05, 0) is 67.5 Å². The second-order valence-corrected chi connectivity index (χ2v) is 10.2. The summed E-state index contributed by atoms with van der Waals surface area (Å²) < 4.78 is 13.2. The number of hydrogen-bond donors (Lipinski definition) is 1. The molecule has 0 saturated carbocycles. The van der Waals surface area contributed by atoms with E-state index in [1.54, 1.807) is 12.1 Å². The van der Waals surface area contributed by atoms with Gasteiger partial charge in [0, 0.05) is 31.1 Å². The number of rotatable bonds is 7. The molecule has 2 heterocycles. The summed E-state index contributed by atoms with van der Waals surface area (Å²) in [6.07, 6.45) is 2.60. The van der Waals surface area contributed by atoms with Crippen LogP contribution in [0.3, 0.4) is 0 Å². The molecule has 1 aromatic heterocycles. The number of likely N-dealkylation sites (tertiary alicyclic amines) is 1. The van der Waals surface area contributed by atoms with Crippen LogP contribution in [-0.2, 0) is 17.8 Å². The number of carbonyl (C=O) groups is 2. The predicted octanol–water partition coefficient (Wildman–Crippen LogP) is 5.62. The van der Waals surface area contributed by atoms with Crippen molar-refractivity contribution in [3.8, 4) is 10.6 Å². The fourth-order valence-electron chi connectivity index (χ4n) is 4.51. The molecule has 1 saturated heterocycles. The molecule has 1 atom stereocenters. The molecule has 0 aliphatic carbocycles. The van der Waals surface area contributed by atoms with Crippen molar-refractivity contribution in [1.82, 2.24) is 15.2 Å². The minimum absolute atomic E-state index is 0.0144. The molecule has 3 aromatic rings. The Kier molecular flexibility index (Phi) is 7.96. The van der Waals surface area contributed by atoms with E-state index in [2.05, 4.69) is 41.5 Å². The van der Waals surface area contributed by atoms with Crippen LogP contribution in [0, 0.1) is 24.6 Å². The van der Waals surface area contributed by atoms with Crippen LogP contribution in [0.15, 0.2) is 48.5 Å². The molecule has 184 valence electrons. The standard InChI is InChI=1S/C28H32FN3O2S/c1-4-20-5-7-21(8-6-20)17-30-26(33)18(2)22-13-15-32(16-14-22)28(34)25-19(3)31-27(35-25)23-9-11-24(29)12-10-23/h5-12,18,22H,4,13-17H2,1-3H3,(H,30,33). The van der Waals surface area contributed by atoms with E-state index in [1.807, 2.05) is 18.7 Å². The number of nitrogens with one attached hydrogen (secondary N) is 1. The van der Waals surface area contributed by atoms with E-state index in [0.717, 1.165) is 35.4 Å². The van der Waals surface area contributed by atoms with Gasteiger partial charge in [-0.3, -0.25) is 9.59 Å². The maximum absolute atomic E-state index is 13.2. The van der Waals surface area contributed by atoms with Crippen LogP contribution in [0.1, 0.15) is 53.2 Å².